The number of ether oxygens (including phenoxy) is 1. The quantitative estimate of drug-likeness (QED) is 0.752. The summed E-state index contributed by atoms with van der Waals surface area (Å²) in [5.74, 6) is 0.677. The Morgan fingerprint density at radius 1 is 1.16 bits per heavy atom. The van der Waals surface area contributed by atoms with E-state index in [9.17, 15) is 15.0 Å². The summed E-state index contributed by atoms with van der Waals surface area (Å²) in [5.41, 5.74) is 1.84. The zero-order valence-corrected chi connectivity index (χ0v) is 14.7. The summed E-state index contributed by atoms with van der Waals surface area (Å²) in [6.45, 7) is 2.30. The molecule has 0 heterocycles. The SMILES string of the molecule is COc1ccc(CN(C)C(=O)NC(C)Cc2ccc(O)cc2)cc1O. The number of carbonyl (C=O) groups is 1. The first-order valence-corrected chi connectivity index (χ1v) is 8.04. The summed E-state index contributed by atoms with van der Waals surface area (Å²) in [7, 11) is 3.19. The lowest BCUT2D eigenvalue weighted by molar-refractivity contribution is 0.203. The van der Waals surface area contributed by atoms with Gasteiger partial charge in [-0.05, 0) is 48.7 Å². The number of urea groups is 1. The molecule has 2 rings (SSSR count). The van der Waals surface area contributed by atoms with Gasteiger partial charge in [0.15, 0.2) is 11.5 Å². The van der Waals surface area contributed by atoms with Gasteiger partial charge in [0.1, 0.15) is 5.75 Å². The predicted molar refractivity (Wildman–Crippen MR) is 95.9 cm³/mol. The largest absolute Gasteiger partial charge is 0.508 e. The number of hydrogen-bond acceptors (Lipinski definition) is 4. The van der Waals surface area contributed by atoms with Crippen molar-refractivity contribution in [3.05, 3.63) is 53.6 Å². The van der Waals surface area contributed by atoms with Crippen LogP contribution in [0.2, 0.25) is 0 Å². The van der Waals surface area contributed by atoms with Gasteiger partial charge in [0.05, 0.1) is 7.11 Å². The van der Waals surface area contributed by atoms with Crippen LogP contribution in [0.25, 0.3) is 0 Å². The van der Waals surface area contributed by atoms with Gasteiger partial charge in [-0.3, -0.25) is 0 Å². The highest BCUT2D eigenvalue weighted by Gasteiger charge is 2.13. The molecule has 0 aromatic heterocycles. The fourth-order valence-corrected chi connectivity index (χ4v) is 2.54. The predicted octanol–water partition coefficient (Wildman–Crippen LogP) is 2.88. The Morgan fingerprint density at radius 2 is 1.80 bits per heavy atom. The fourth-order valence-electron chi connectivity index (χ4n) is 2.54. The molecular weight excluding hydrogens is 320 g/mol. The van der Waals surface area contributed by atoms with Gasteiger partial charge < -0.3 is 25.2 Å². The van der Waals surface area contributed by atoms with Crippen molar-refractivity contribution in [2.45, 2.75) is 25.9 Å². The average Bonchev–Trinajstić information content (AvgIpc) is 2.57. The van der Waals surface area contributed by atoms with Crippen LogP contribution in [-0.2, 0) is 13.0 Å². The fraction of sp³-hybridized carbons (Fsp3) is 0.316. The van der Waals surface area contributed by atoms with E-state index in [-0.39, 0.29) is 23.6 Å². The van der Waals surface area contributed by atoms with Crippen LogP contribution < -0.4 is 10.1 Å². The van der Waals surface area contributed by atoms with Gasteiger partial charge in [-0.2, -0.15) is 0 Å². The molecule has 2 amide bonds. The first-order chi connectivity index (χ1) is 11.9. The zero-order valence-electron chi connectivity index (χ0n) is 14.7. The molecule has 134 valence electrons. The maximum absolute atomic E-state index is 12.3. The number of hydrogen-bond donors (Lipinski definition) is 3. The lowest BCUT2D eigenvalue weighted by Crippen LogP contribution is -2.42. The third kappa shape index (κ3) is 5.31. The molecular formula is C19H24N2O4. The highest BCUT2D eigenvalue weighted by atomic mass is 16.5. The van der Waals surface area contributed by atoms with E-state index < -0.39 is 0 Å². The molecule has 0 saturated heterocycles. The van der Waals surface area contributed by atoms with Gasteiger partial charge in [0.2, 0.25) is 0 Å². The highest BCUT2D eigenvalue weighted by molar-refractivity contribution is 5.74. The van der Waals surface area contributed by atoms with E-state index in [0.29, 0.717) is 18.7 Å². The van der Waals surface area contributed by atoms with E-state index in [1.54, 1.807) is 36.2 Å². The first kappa shape index (κ1) is 18.4. The van der Waals surface area contributed by atoms with E-state index in [0.717, 1.165) is 11.1 Å². The summed E-state index contributed by atoms with van der Waals surface area (Å²) < 4.78 is 5.01. The lowest BCUT2D eigenvalue weighted by atomic mass is 10.1. The van der Waals surface area contributed by atoms with Crippen LogP contribution in [0, 0.1) is 0 Å². The van der Waals surface area contributed by atoms with Crippen LogP contribution in [0.4, 0.5) is 4.79 Å². The third-order valence-electron chi connectivity index (χ3n) is 3.86. The van der Waals surface area contributed by atoms with Gasteiger partial charge in [0, 0.05) is 19.6 Å². The maximum Gasteiger partial charge on any atom is 0.317 e. The summed E-state index contributed by atoms with van der Waals surface area (Å²) in [4.78, 5) is 13.8. The Bertz CT molecular complexity index is 716. The van der Waals surface area contributed by atoms with Crippen LogP contribution in [0.15, 0.2) is 42.5 Å². The van der Waals surface area contributed by atoms with Crippen LogP contribution in [0.1, 0.15) is 18.1 Å². The second-order valence-corrected chi connectivity index (χ2v) is 6.08. The molecule has 1 unspecified atom stereocenters. The Kier molecular flexibility index (Phi) is 6.11. The van der Waals surface area contributed by atoms with E-state index >= 15 is 0 Å². The van der Waals surface area contributed by atoms with Gasteiger partial charge in [0.25, 0.3) is 0 Å². The molecule has 0 aliphatic carbocycles. The van der Waals surface area contributed by atoms with E-state index in [2.05, 4.69) is 5.32 Å². The Morgan fingerprint density at radius 3 is 2.40 bits per heavy atom. The molecule has 0 radical (unpaired) electrons. The number of nitrogens with zero attached hydrogens (tertiary/aromatic N) is 1. The standard InChI is InChI=1S/C19H24N2O4/c1-13(10-14-4-7-16(22)8-5-14)20-19(24)21(2)12-15-6-9-18(25-3)17(23)11-15/h4-9,11,13,22-23H,10,12H2,1-3H3,(H,20,24). The molecule has 0 saturated carbocycles. The average molecular weight is 344 g/mol. The molecule has 0 spiro atoms. The monoisotopic (exact) mass is 344 g/mol. The van der Waals surface area contributed by atoms with Crippen LogP contribution in [0.5, 0.6) is 17.2 Å². The molecule has 0 bridgehead atoms. The number of amides is 2. The summed E-state index contributed by atoms with van der Waals surface area (Å²) in [6.07, 6.45) is 0.670. The normalized spacial score (nSPS) is 11.6. The van der Waals surface area contributed by atoms with Gasteiger partial charge in [-0.25, -0.2) is 4.79 Å². The number of phenolic OH excluding ortho intramolecular Hbond substituents is 2. The van der Waals surface area contributed by atoms with Crippen molar-refractivity contribution >= 4 is 6.03 Å². The van der Waals surface area contributed by atoms with Crippen molar-refractivity contribution in [3.8, 4) is 17.2 Å². The smallest absolute Gasteiger partial charge is 0.317 e. The number of benzene rings is 2. The number of nitrogens with one attached hydrogen (secondary N) is 1. The number of aromatic hydroxyl groups is 2. The number of carbonyl (C=O) groups excluding carboxylic acids is 1. The topological polar surface area (TPSA) is 82.0 Å². The van der Waals surface area contributed by atoms with E-state index in [1.807, 2.05) is 25.1 Å². The number of methoxy groups -OCH3 is 1. The minimum absolute atomic E-state index is 0.0505. The van der Waals surface area contributed by atoms with Crippen molar-refractivity contribution in [1.29, 1.82) is 0 Å². The molecule has 2 aromatic carbocycles. The van der Waals surface area contributed by atoms with Crippen LogP contribution in [0.3, 0.4) is 0 Å². The highest BCUT2D eigenvalue weighted by Crippen LogP contribution is 2.26. The van der Waals surface area contributed by atoms with Crippen molar-refractivity contribution in [1.82, 2.24) is 10.2 Å². The van der Waals surface area contributed by atoms with Gasteiger partial charge >= 0.3 is 6.03 Å². The molecule has 1 atom stereocenters. The molecule has 6 nitrogen and oxygen atoms in total. The van der Waals surface area contributed by atoms with E-state index in [4.69, 9.17) is 4.74 Å². The summed E-state index contributed by atoms with van der Waals surface area (Å²) in [6, 6.07) is 11.8. The third-order valence-corrected chi connectivity index (χ3v) is 3.86. The first-order valence-electron chi connectivity index (χ1n) is 8.04. The van der Waals surface area contributed by atoms with Gasteiger partial charge in [-0.15, -0.1) is 0 Å². The summed E-state index contributed by atoms with van der Waals surface area (Å²) in [5, 5.41) is 22.0. The van der Waals surface area contributed by atoms with Crippen LogP contribution >= 0.6 is 0 Å². The molecule has 25 heavy (non-hydrogen) atoms. The molecule has 6 heteroatoms. The second kappa shape index (κ2) is 8.28. The van der Waals surface area contributed by atoms with E-state index in [1.165, 1.54) is 7.11 Å². The lowest BCUT2D eigenvalue weighted by Gasteiger charge is -2.22. The summed E-state index contributed by atoms with van der Waals surface area (Å²) >= 11 is 0. The minimum Gasteiger partial charge on any atom is -0.508 e. The second-order valence-electron chi connectivity index (χ2n) is 6.08. The minimum atomic E-state index is -0.193. The van der Waals surface area contributed by atoms with Crippen LogP contribution in [-0.4, -0.2) is 41.3 Å². The van der Waals surface area contributed by atoms with Crippen molar-refractivity contribution in [2.75, 3.05) is 14.2 Å². The van der Waals surface area contributed by atoms with Crippen molar-refractivity contribution < 1.29 is 19.7 Å². The molecule has 0 fully saturated rings. The van der Waals surface area contributed by atoms with Crippen molar-refractivity contribution in [2.24, 2.45) is 0 Å². The van der Waals surface area contributed by atoms with Crippen molar-refractivity contribution in [3.63, 3.8) is 0 Å². The number of rotatable bonds is 6. The molecule has 3 N–H and O–H groups in total. The number of phenols is 2. The zero-order chi connectivity index (χ0) is 18.4. The molecule has 2 aromatic rings. The molecule has 0 aliphatic heterocycles. The Labute approximate surface area is 147 Å². The van der Waals surface area contributed by atoms with Gasteiger partial charge in [-0.1, -0.05) is 18.2 Å². The maximum atomic E-state index is 12.3. The molecule has 0 aliphatic rings. The Hall–Kier alpha value is -2.89. The Balaban J connectivity index is 1.88.